The molecule has 0 bridgehead atoms. The molecule has 1 aromatic carbocycles. The number of ether oxygens (including phenoxy) is 1. The van der Waals surface area contributed by atoms with Crippen molar-refractivity contribution in [2.45, 2.75) is 6.92 Å². The lowest BCUT2D eigenvalue weighted by Gasteiger charge is -2.07. The van der Waals surface area contributed by atoms with Crippen LogP contribution in [0.5, 0.6) is 5.75 Å². The molecule has 0 amide bonds. The third kappa shape index (κ3) is 1.97. The van der Waals surface area contributed by atoms with Gasteiger partial charge in [0.25, 0.3) is 0 Å². The molecule has 84 valence electrons. The van der Waals surface area contributed by atoms with E-state index in [0.717, 1.165) is 11.1 Å². The minimum Gasteiger partial charge on any atom is -0.492 e. The van der Waals surface area contributed by atoms with Crippen molar-refractivity contribution >= 4 is 17.4 Å². The van der Waals surface area contributed by atoms with E-state index in [1.807, 2.05) is 25.1 Å². The van der Waals surface area contributed by atoms with Crippen molar-refractivity contribution in [2.75, 3.05) is 12.3 Å². The molecule has 1 heterocycles. The zero-order valence-corrected chi connectivity index (χ0v) is 9.58. The molecule has 0 aliphatic rings. The van der Waals surface area contributed by atoms with E-state index in [-0.39, 0.29) is 0 Å². The van der Waals surface area contributed by atoms with Crippen molar-refractivity contribution in [3.05, 3.63) is 29.4 Å². The molecule has 0 aliphatic carbocycles. The highest BCUT2D eigenvalue weighted by Crippen LogP contribution is 2.31. The van der Waals surface area contributed by atoms with Crippen LogP contribution in [0.15, 0.2) is 24.4 Å². The van der Waals surface area contributed by atoms with E-state index in [4.69, 9.17) is 22.1 Å². The van der Waals surface area contributed by atoms with Crippen LogP contribution in [0.1, 0.15) is 6.92 Å². The maximum Gasteiger partial charge on any atom is 0.137 e. The van der Waals surface area contributed by atoms with Gasteiger partial charge < -0.3 is 10.5 Å². The fourth-order valence-corrected chi connectivity index (χ4v) is 1.70. The lowest BCUT2D eigenvalue weighted by molar-refractivity contribution is 0.340. The molecule has 0 fully saturated rings. The van der Waals surface area contributed by atoms with Gasteiger partial charge in [0.2, 0.25) is 0 Å². The second-order valence-corrected chi connectivity index (χ2v) is 3.68. The Kier molecular flexibility index (Phi) is 3.01. The molecule has 0 aliphatic heterocycles. The summed E-state index contributed by atoms with van der Waals surface area (Å²) < 4.78 is 5.35. The molecule has 0 saturated carbocycles. The highest BCUT2D eigenvalue weighted by Gasteiger charge is 2.07. The van der Waals surface area contributed by atoms with Gasteiger partial charge >= 0.3 is 0 Å². The van der Waals surface area contributed by atoms with E-state index in [2.05, 4.69) is 10.2 Å². The summed E-state index contributed by atoms with van der Waals surface area (Å²) in [6.45, 7) is 2.51. The number of nitrogen functional groups attached to an aromatic ring is 1. The number of benzene rings is 1. The van der Waals surface area contributed by atoms with Gasteiger partial charge in [-0.3, -0.25) is 5.10 Å². The molecule has 0 saturated heterocycles. The van der Waals surface area contributed by atoms with Crippen molar-refractivity contribution in [2.24, 2.45) is 0 Å². The first kappa shape index (κ1) is 10.8. The molecule has 3 N–H and O–H groups in total. The van der Waals surface area contributed by atoms with Gasteiger partial charge in [0.15, 0.2) is 0 Å². The fourth-order valence-electron chi connectivity index (χ4n) is 1.47. The lowest BCUT2D eigenvalue weighted by atomic mass is 10.1. The number of rotatable bonds is 3. The van der Waals surface area contributed by atoms with E-state index in [1.165, 1.54) is 0 Å². The molecule has 0 atom stereocenters. The van der Waals surface area contributed by atoms with Crippen molar-refractivity contribution in [3.63, 3.8) is 0 Å². The first-order valence-electron chi connectivity index (χ1n) is 4.94. The monoisotopic (exact) mass is 237 g/mol. The number of nitrogens with two attached hydrogens (primary N) is 1. The predicted molar refractivity (Wildman–Crippen MR) is 64.6 cm³/mol. The van der Waals surface area contributed by atoms with Gasteiger partial charge in [0.1, 0.15) is 11.6 Å². The minimum atomic E-state index is 0.528. The first-order chi connectivity index (χ1) is 7.72. The number of nitrogens with one attached hydrogen (secondary N) is 1. The standard InChI is InChI=1S/C11H12ClN3O/c1-2-16-10-4-3-7(5-9(10)12)8-6-14-15-11(8)13/h3-6H,2H2,1H3,(H3,13,14,15). The SMILES string of the molecule is CCOc1ccc(-c2cn[nH]c2N)cc1Cl. The second kappa shape index (κ2) is 4.45. The molecule has 0 unspecified atom stereocenters. The van der Waals surface area contributed by atoms with Gasteiger partial charge in [0.05, 0.1) is 17.8 Å². The van der Waals surface area contributed by atoms with Gasteiger partial charge in [-0.2, -0.15) is 5.10 Å². The van der Waals surface area contributed by atoms with Crippen LogP contribution in [-0.4, -0.2) is 16.8 Å². The van der Waals surface area contributed by atoms with Crippen molar-refractivity contribution in [3.8, 4) is 16.9 Å². The molecule has 16 heavy (non-hydrogen) atoms. The summed E-state index contributed by atoms with van der Waals surface area (Å²) in [5, 5.41) is 7.11. The van der Waals surface area contributed by atoms with Crippen molar-refractivity contribution in [1.82, 2.24) is 10.2 Å². The third-order valence-corrected chi connectivity index (χ3v) is 2.51. The highest BCUT2D eigenvalue weighted by molar-refractivity contribution is 6.32. The first-order valence-corrected chi connectivity index (χ1v) is 5.31. The molecule has 2 aromatic rings. The molecule has 1 aromatic heterocycles. The van der Waals surface area contributed by atoms with Crippen LogP contribution in [0.4, 0.5) is 5.82 Å². The average molecular weight is 238 g/mol. The molecular formula is C11H12ClN3O. The summed E-state index contributed by atoms with van der Waals surface area (Å²) >= 11 is 6.08. The Balaban J connectivity index is 2.38. The summed E-state index contributed by atoms with van der Waals surface area (Å²) in [5.41, 5.74) is 7.48. The topological polar surface area (TPSA) is 63.9 Å². The lowest BCUT2D eigenvalue weighted by Crippen LogP contribution is -1.92. The van der Waals surface area contributed by atoms with Gasteiger partial charge in [0, 0.05) is 5.56 Å². The smallest absolute Gasteiger partial charge is 0.137 e. The normalized spacial score (nSPS) is 10.4. The summed E-state index contributed by atoms with van der Waals surface area (Å²) in [4.78, 5) is 0. The number of aromatic nitrogens is 2. The largest absolute Gasteiger partial charge is 0.492 e. The van der Waals surface area contributed by atoms with Crippen molar-refractivity contribution in [1.29, 1.82) is 0 Å². The molecule has 0 radical (unpaired) electrons. The predicted octanol–water partition coefficient (Wildman–Crippen LogP) is 2.71. The van der Waals surface area contributed by atoms with Gasteiger partial charge in [-0.05, 0) is 24.6 Å². The number of hydrogen-bond acceptors (Lipinski definition) is 3. The van der Waals surface area contributed by atoms with E-state index in [1.54, 1.807) is 6.20 Å². The zero-order valence-electron chi connectivity index (χ0n) is 8.83. The Morgan fingerprint density at radius 2 is 2.31 bits per heavy atom. The summed E-state index contributed by atoms with van der Waals surface area (Å²) in [6, 6.07) is 5.54. The molecule has 5 heteroatoms. The Hall–Kier alpha value is -1.68. The van der Waals surface area contributed by atoms with Crippen molar-refractivity contribution < 1.29 is 4.74 Å². The average Bonchev–Trinajstić information content (AvgIpc) is 2.68. The highest BCUT2D eigenvalue weighted by atomic mass is 35.5. The molecule has 2 rings (SSSR count). The summed E-state index contributed by atoms with van der Waals surface area (Å²) in [7, 11) is 0. The van der Waals surface area contributed by atoms with Crippen LogP contribution < -0.4 is 10.5 Å². The van der Waals surface area contributed by atoms with Crippen LogP contribution >= 0.6 is 11.6 Å². The third-order valence-electron chi connectivity index (χ3n) is 2.21. The van der Waals surface area contributed by atoms with Crippen LogP contribution in [0.3, 0.4) is 0 Å². The number of hydrogen-bond donors (Lipinski definition) is 2. The van der Waals surface area contributed by atoms with Gasteiger partial charge in [-0.15, -0.1) is 0 Å². The van der Waals surface area contributed by atoms with Gasteiger partial charge in [-0.1, -0.05) is 17.7 Å². The molecule has 0 spiro atoms. The number of aromatic amines is 1. The summed E-state index contributed by atoms with van der Waals surface area (Å²) in [6.07, 6.45) is 1.67. The number of nitrogens with zero attached hydrogens (tertiary/aromatic N) is 1. The zero-order chi connectivity index (χ0) is 11.5. The second-order valence-electron chi connectivity index (χ2n) is 3.28. The quantitative estimate of drug-likeness (QED) is 0.863. The number of halogens is 1. The Labute approximate surface area is 98.4 Å². The van der Waals surface area contributed by atoms with Crippen LogP contribution in [-0.2, 0) is 0 Å². The Morgan fingerprint density at radius 1 is 1.50 bits per heavy atom. The van der Waals surface area contributed by atoms with E-state index in [0.29, 0.717) is 23.2 Å². The van der Waals surface area contributed by atoms with Crippen LogP contribution in [0, 0.1) is 0 Å². The number of H-pyrrole nitrogens is 1. The Morgan fingerprint density at radius 3 is 2.88 bits per heavy atom. The molecular weight excluding hydrogens is 226 g/mol. The summed E-state index contributed by atoms with van der Waals surface area (Å²) in [5.74, 6) is 1.20. The Bertz CT molecular complexity index is 496. The van der Waals surface area contributed by atoms with E-state index in [9.17, 15) is 0 Å². The number of anilines is 1. The maximum absolute atomic E-state index is 6.08. The van der Waals surface area contributed by atoms with Crippen LogP contribution in [0.25, 0.3) is 11.1 Å². The van der Waals surface area contributed by atoms with Crippen LogP contribution in [0.2, 0.25) is 5.02 Å². The fraction of sp³-hybridized carbons (Fsp3) is 0.182. The molecule has 4 nitrogen and oxygen atoms in total. The maximum atomic E-state index is 6.08. The minimum absolute atomic E-state index is 0.528. The van der Waals surface area contributed by atoms with Gasteiger partial charge in [-0.25, -0.2) is 0 Å². The van der Waals surface area contributed by atoms with E-state index >= 15 is 0 Å². The van der Waals surface area contributed by atoms with E-state index < -0.39 is 0 Å².